The lowest BCUT2D eigenvalue weighted by molar-refractivity contribution is -0.163. The van der Waals surface area contributed by atoms with Gasteiger partial charge in [-0.15, -0.1) is 0 Å². The maximum Gasteiger partial charge on any atom is 0.254 e. The van der Waals surface area contributed by atoms with Crippen LogP contribution < -0.4 is 5.32 Å². The molecule has 0 spiro atoms. The van der Waals surface area contributed by atoms with E-state index in [2.05, 4.69) is 5.32 Å². The van der Waals surface area contributed by atoms with E-state index in [0.29, 0.717) is 19.6 Å². The molecule has 7 nitrogen and oxygen atoms in total. The standard InChI is InChI=1S/C16H25N3O4/c1-17-14(21)11-7-13(20)19(8-11)12-9-18(10-12)15(22)16(23-2)5-3-4-6-16/h11-12H,3-10H2,1-2H3,(H,17,21). The number of rotatable bonds is 4. The van der Waals surface area contributed by atoms with Crippen LogP contribution in [0.15, 0.2) is 0 Å². The fraction of sp³-hybridized carbons (Fsp3) is 0.812. The number of hydrogen-bond donors (Lipinski definition) is 1. The van der Waals surface area contributed by atoms with Crippen LogP contribution in [0, 0.1) is 5.92 Å². The van der Waals surface area contributed by atoms with Gasteiger partial charge in [0.25, 0.3) is 5.91 Å². The summed E-state index contributed by atoms with van der Waals surface area (Å²) in [5.41, 5.74) is -0.648. The third-order valence-electron chi connectivity index (χ3n) is 5.56. The Balaban J connectivity index is 1.56. The van der Waals surface area contributed by atoms with Gasteiger partial charge in [0.15, 0.2) is 0 Å². The molecule has 2 saturated heterocycles. The highest BCUT2D eigenvalue weighted by atomic mass is 16.5. The molecule has 0 aromatic rings. The van der Waals surface area contributed by atoms with E-state index in [-0.39, 0.29) is 36.1 Å². The van der Waals surface area contributed by atoms with Crippen molar-refractivity contribution < 1.29 is 19.1 Å². The minimum Gasteiger partial charge on any atom is -0.368 e. The topological polar surface area (TPSA) is 79.0 Å². The first-order valence-corrected chi connectivity index (χ1v) is 8.36. The molecule has 7 heteroatoms. The van der Waals surface area contributed by atoms with Gasteiger partial charge in [0.05, 0.1) is 12.0 Å². The van der Waals surface area contributed by atoms with Gasteiger partial charge in [-0.05, 0) is 25.7 Å². The average molecular weight is 323 g/mol. The van der Waals surface area contributed by atoms with Gasteiger partial charge in [-0.3, -0.25) is 14.4 Å². The maximum absolute atomic E-state index is 12.7. The van der Waals surface area contributed by atoms with E-state index in [9.17, 15) is 14.4 Å². The highest BCUT2D eigenvalue weighted by Crippen LogP contribution is 2.36. The first-order valence-electron chi connectivity index (χ1n) is 8.36. The molecule has 1 N–H and O–H groups in total. The van der Waals surface area contributed by atoms with Gasteiger partial charge in [-0.1, -0.05) is 0 Å². The quantitative estimate of drug-likeness (QED) is 0.774. The van der Waals surface area contributed by atoms with Crippen molar-refractivity contribution in [2.45, 2.75) is 43.7 Å². The molecule has 2 heterocycles. The lowest BCUT2D eigenvalue weighted by Crippen LogP contribution is -2.65. The first-order chi connectivity index (χ1) is 11.0. The summed E-state index contributed by atoms with van der Waals surface area (Å²) in [6.07, 6.45) is 3.88. The molecule has 1 aliphatic carbocycles. The summed E-state index contributed by atoms with van der Waals surface area (Å²) in [5, 5.41) is 2.60. The Hall–Kier alpha value is -1.63. The van der Waals surface area contributed by atoms with Crippen LogP contribution in [0.1, 0.15) is 32.1 Å². The van der Waals surface area contributed by atoms with Crippen molar-refractivity contribution in [3.63, 3.8) is 0 Å². The molecule has 3 amide bonds. The molecular weight excluding hydrogens is 298 g/mol. The summed E-state index contributed by atoms with van der Waals surface area (Å²) < 4.78 is 5.54. The highest BCUT2D eigenvalue weighted by Gasteiger charge is 2.49. The number of ether oxygens (including phenoxy) is 1. The molecule has 2 aliphatic heterocycles. The zero-order valence-corrected chi connectivity index (χ0v) is 13.8. The van der Waals surface area contributed by atoms with Gasteiger partial charge < -0.3 is 19.9 Å². The van der Waals surface area contributed by atoms with Crippen LogP contribution in [0.5, 0.6) is 0 Å². The second kappa shape index (κ2) is 6.11. The van der Waals surface area contributed by atoms with Gasteiger partial charge in [-0.2, -0.15) is 0 Å². The number of nitrogens with one attached hydrogen (secondary N) is 1. The highest BCUT2D eigenvalue weighted by molar-refractivity contribution is 5.90. The number of hydrogen-bond acceptors (Lipinski definition) is 4. The van der Waals surface area contributed by atoms with Gasteiger partial charge >= 0.3 is 0 Å². The Morgan fingerprint density at radius 1 is 1.22 bits per heavy atom. The van der Waals surface area contributed by atoms with Crippen LogP contribution >= 0.6 is 0 Å². The van der Waals surface area contributed by atoms with Crippen molar-refractivity contribution in [1.29, 1.82) is 0 Å². The van der Waals surface area contributed by atoms with Gasteiger partial charge in [0.2, 0.25) is 11.8 Å². The molecular formula is C16H25N3O4. The third-order valence-corrected chi connectivity index (χ3v) is 5.56. The van der Waals surface area contributed by atoms with E-state index in [4.69, 9.17) is 4.74 Å². The van der Waals surface area contributed by atoms with Crippen molar-refractivity contribution in [3.05, 3.63) is 0 Å². The molecule has 3 fully saturated rings. The fourth-order valence-electron chi connectivity index (χ4n) is 4.02. The summed E-state index contributed by atoms with van der Waals surface area (Å²) in [5.74, 6) is -0.281. The van der Waals surface area contributed by atoms with Crippen molar-refractivity contribution in [2.24, 2.45) is 5.92 Å². The summed E-state index contributed by atoms with van der Waals surface area (Å²) in [4.78, 5) is 40.0. The monoisotopic (exact) mass is 323 g/mol. The molecule has 0 bridgehead atoms. The molecule has 3 rings (SSSR count). The van der Waals surface area contributed by atoms with Crippen LogP contribution in [0.4, 0.5) is 0 Å². The van der Waals surface area contributed by atoms with Gasteiger partial charge in [-0.25, -0.2) is 0 Å². The molecule has 1 saturated carbocycles. The number of carbonyl (C=O) groups excluding carboxylic acids is 3. The molecule has 128 valence electrons. The van der Waals surface area contributed by atoms with Crippen LogP contribution in [-0.2, 0) is 19.1 Å². The maximum atomic E-state index is 12.7. The number of carbonyl (C=O) groups is 3. The SMILES string of the molecule is CNC(=O)C1CC(=O)N(C2CN(C(=O)C3(OC)CCCC3)C2)C1. The van der Waals surface area contributed by atoms with Crippen LogP contribution in [0.3, 0.4) is 0 Å². The summed E-state index contributed by atoms with van der Waals surface area (Å²) in [7, 11) is 3.20. The van der Waals surface area contributed by atoms with E-state index < -0.39 is 5.60 Å². The smallest absolute Gasteiger partial charge is 0.254 e. The Morgan fingerprint density at radius 2 is 1.87 bits per heavy atom. The normalized spacial score (nSPS) is 27.2. The van der Waals surface area contributed by atoms with E-state index in [1.807, 2.05) is 0 Å². The van der Waals surface area contributed by atoms with Crippen LogP contribution in [-0.4, -0.2) is 73.0 Å². The predicted molar refractivity (Wildman–Crippen MR) is 82.5 cm³/mol. The molecule has 1 unspecified atom stereocenters. The Labute approximate surface area is 136 Å². The second-order valence-electron chi connectivity index (χ2n) is 6.83. The van der Waals surface area contributed by atoms with Crippen LogP contribution in [0.2, 0.25) is 0 Å². The minimum absolute atomic E-state index is 0.0121. The number of amides is 3. The van der Waals surface area contributed by atoms with Crippen molar-refractivity contribution in [3.8, 4) is 0 Å². The van der Waals surface area contributed by atoms with Crippen molar-refractivity contribution in [2.75, 3.05) is 33.8 Å². The molecule has 0 aromatic heterocycles. The number of nitrogens with zero attached hydrogens (tertiary/aromatic N) is 2. The molecule has 0 radical (unpaired) electrons. The van der Waals surface area contributed by atoms with E-state index >= 15 is 0 Å². The van der Waals surface area contributed by atoms with Crippen molar-refractivity contribution >= 4 is 17.7 Å². The number of methoxy groups -OCH3 is 1. The lowest BCUT2D eigenvalue weighted by Gasteiger charge is -2.46. The Kier molecular flexibility index (Phi) is 4.31. The molecule has 0 aromatic carbocycles. The molecule has 1 atom stereocenters. The van der Waals surface area contributed by atoms with Gasteiger partial charge in [0.1, 0.15) is 5.60 Å². The zero-order chi connectivity index (χ0) is 16.6. The Morgan fingerprint density at radius 3 is 2.43 bits per heavy atom. The largest absolute Gasteiger partial charge is 0.368 e. The first kappa shape index (κ1) is 16.2. The molecule has 23 heavy (non-hydrogen) atoms. The fourth-order valence-corrected chi connectivity index (χ4v) is 4.02. The van der Waals surface area contributed by atoms with Crippen molar-refractivity contribution in [1.82, 2.24) is 15.1 Å². The molecule has 3 aliphatic rings. The van der Waals surface area contributed by atoms with E-state index in [1.165, 1.54) is 0 Å². The summed E-state index contributed by atoms with van der Waals surface area (Å²) >= 11 is 0. The average Bonchev–Trinajstić information content (AvgIpc) is 3.13. The van der Waals surface area contributed by atoms with E-state index in [0.717, 1.165) is 25.7 Å². The summed E-state index contributed by atoms with van der Waals surface area (Å²) in [6.45, 7) is 1.56. The number of likely N-dealkylation sites (tertiary alicyclic amines) is 2. The minimum atomic E-state index is -0.648. The zero-order valence-electron chi connectivity index (χ0n) is 13.8. The van der Waals surface area contributed by atoms with E-state index in [1.54, 1.807) is 24.0 Å². The third kappa shape index (κ3) is 2.71. The summed E-state index contributed by atoms with van der Waals surface area (Å²) in [6, 6.07) is 0.0383. The lowest BCUT2D eigenvalue weighted by atomic mass is 9.96. The predicted octanol–water partition coefficient (Wildman–Crippen LogP) is -0.249. The second-order valence-corrected chi connectivity index (χ2v) is 6.83. The van der Waals surface area contributed by atoms with Gasteiger partial charge in [0, 0.05) is 40.2 Å². The Bertz CT molecular complexity index is 509. The van der Waals surface area contributed by atoms with Crippen LogP contribution in [0.25, 0.3) is 0 Å².